The minimum absolute atomic E-state index is 0.00880. The lowest BCUT2D eigenvalue weighted by Gasteiger charge is -2.26. The van der Waals surface area contributed by atoms with E-state index in [-0.39, 0.29) is 24.5 Å². The summed E-state index contributed by atoms with van der Waals surface area (Å²) in [4.78, 5) is 12.1. The third kappa shape index (κ3) is 2.60. The molecule has 1 amide bonds. The molecule has 1 rings (SSSR count). The van der Waals surface area contributed by atoms with Crippen molar-refractivity contribution in [3.63, 3.8) is 0 Å². The molecule has 1 aliphatic rings. The number of aliphatic hydroxyl groups excluding tert-OH is 1. The molecule has 4 N–H and O–H groups in total. The quantitative estimate of drug-likeness (QED) is 0.628. The Bertz CT molecular complexity index is 233. The number of likely N-dealkylation sites (tertiary alicyclic amines) is 1. The smallest absolute Gasteiger partial charge is 0.407 e. The van der Waals surface area contributed by atoms with Gasteiger partial charge in [0.15, 0.2) is 0 Å². The molecule has 0 aromatic heterocycles. The molecular weight excluding hydrogens is 196 g/mol. The van der Waals surface area contributed by atoms with E-state index in [0.29, 0.717) is 19.0 Å². The average molecular weight is 216 g/mol. The summed E-state index contributed by atoms with van der Waals surface area (Å²) in [5.41, 5.74) is 6.02. The van der Waals surface area contributed by atoms with Crippen molar-refractivity contribution in [2.45, 2.75) is 19.9 Å². The zero-order valence-corrected chi connectivity index (χ0v) is 9.26. The lowest BCUT2D eigenvalue weighted by atomic mass is 9.84. The van der Waals surface area contributed by atoms with E-state index in [1.807, 2.05) is 13.8 Å². The number of hydrogen-bond acceptors (Lipinski definition) is 3. The van der Waals surface area contributed by atoms with E-state index in [1.165, 1.54) is 4.90 Å². The van der Waals surface area contributed by atoms with Crippen molar-refractivity contribution in [1.29, 1.82) is 0 Å². The maximum absolute atomic E-state index is 10.8. The number of nitrogens with two attached hydrogens (primary N) is 1. The van der Waals surface area contributed by atoms with Gasteiger partial charge in [-0.3, -0.25) is 0 Å². The molecule has 0 aliphatic carbocycles. The molecule has 1 aliphatic heterocycles. The monoisotopic (exact) mass is 216 g/mol. The third-order valence-corrected chi connectivity index (χ3v) is 3.26. The van der Waals surface area contributed by atoms with Gasteiger partial charge in [0.1, 0.15) is 0 Å². The second-order valence-electron chi connectivity index (χ2n) is 4.62. The first-order valence-electron chi connectivity index (χ1n) is 5.31. The predicted octanol–water partition coefficient (Wildman–Crippen LogP) is 0.188. The van der Waals surface area contributed by atoms with Crippen LogP contribution < -0.4 is 5.73 Å². The highest BCUT2D eigenvalue weighted by Gasteiger charge is 2.38. The standard InChI is InChI=1S/C10H20N2O3/c1-6(2)9(11)8-4-12(10(14)15)3-7(8)5-13/h6-9,13H,3-5,11H2,1-2H3,(H,14,15). The maximum Gasteiger partial charge on any atom is 0.407 e. The molecule has 3 unspecified atom stereocenters. The number of carbonyl (C=O) groups is 1. The average Bonchev–Trinajstić information content (AvgIpc) is 2.59. The zero-order chi connectivity index (χ0) is 11.6. The molecule has 0 spiro atoms. The molecule has 5 nitrogen and oxygen atoms in total. The first-order valence-corrected chi connectivity index (χ1v) is 5.31. The summed E-state index contributed by atoms with van der Waals surface area (Å²) in [6, 6.07) is -0.0495. The van der Waals surface area contributed by atoms with Gasteiger partial charge in [0.05, 0.1) is 0 Å². The molecule has 0 bridgehead atoms. The first kappa shape index (κ1) is 12.3. The van der Waals surface area contributed by atoms with E-state index in [9.17, 15) is 9.90 Å². The number of rotatable bonds is 3. The minimum Gasteiger partial charge on any atom is -0.465 e. The number of aliphatic hydroxyl groups is 1. The van der Waals surface area contributed by atoms with Gasteiger partial charge in [-0.15, -0.1) is 0 Å². The summed E-state index contributed by atoms with van der Waals surface area (Å²) in [5.74, 6) is 0.363. The highest BCUT2D eigenvalue weighted by atomic mass is 16.4. The van der Waals surface area contributed by atoms with Crippen molar-refractivity contribution < 1.29 is 15.0 Å². The van der Waals surface area contributed by atoms with Crippen LogP contribution in [0, 0.1) is 17.8 Å². The lowest BCUT2D eigenvalue weighted by molar-refractivity contribution is 0.150. The molecule has 1 fully saturated rings. The van der Waals surface area contributed by atoms with Crippen LogP contribution in [0.1, 0.15) is 13.8 Å². The Morgan fingerprint density at radius 1 is 1.53 bits per heavy atom. The second-order valence-corrected chi connectivity index (χ2v) is 4.62. The van der Waals surface area contributed by atoms with Crippen molar-refractivity contribution in [1.82, 2.24) is 4.90 Å². The van der Waals surface area contributed by atoms with Crippen LogP contribution in [0.3, 0.4) is 0 Å². The predicted molar refractivity (Wildman–Crippen MR) is 56.5 cm³/mol. The van der Waals surface area contributed by atoms with Crippen molar-refractivity contribution in [3.8, 4) is 0 Å². The topological polar surface area (TPSA) is 86.8 Å². The molecule has 15 heavy (non-hydrogen) atoms. The molecule has 3 atom stereocenters. The van der Waals surface area contributed by atoms with Crippen molar-refractivity contribution in [2.24, 2.45) is 23.5 Å². The molecule has 0 aromatic carbocycles. The Hall–Kier alpha value is -0.810. The van der Waals surface area contributed by atoms with Crippen LogP contribution in [0.25, 0.3) is 0 Å². The molecule has 88 valence electrons. The van der Waals surface area contributed by atoms with Gasteiger partial charge < -0.3 is 20.8 Å². The van der Waals surface area contributed by atoms with E-state index in [2.05, 4.69) is 0 Å². The fraction of sp³-hybridized carbons (Fsp3) is 0.900. The molecule has 0 saturated carbocycles. The fourth-order valence-electron chi connectivity index (χ4n) is 2.18. The van der Waals surface area contributed by atoms with Crippen LogP contribution in [-0.2, 0) is 0 Å². The largest absolute Gasteiger partial charge is 0.465 e. The lowest BCUT2D eigenvalue weighted by Crippen LogP contribution is -2.40. The second kappa shape index (κ2) is 4.81. The summed E-state index contributed by atoms with van der Waals surface area (Å²) in [6.45, 7) is 4.89. The molecule has 1 saturated heterocycles. The Morgan fingerprint density at radius 3 is 2.53 bits per heavy atom. The molecule has 1 heterocycles. The van der Waals surface area contributed by atoms with E-state index in [1.54, 1.807) is 0 Å². The van der Waals surface area contributed by atoms with Gasteiger partial charge in [-0.2, -0.15) is 0 Å². The van der Waals surface area contributed by atoms with Crippen LogP contribution in [0.4, 0.5) is 4.79 Å². The number of hydrogen-bond donors (Lipinski definition) is 3. The minimum atomic E-state index is -0.924. The van der Waals surface area contributed by atoms with E-state index >= 15 is 0 Å². The summed E-state index contributed by atoms with van der Waals surface area (Å²) in [5, 5.41) is 18.1. The summed E-state index contributed by atoms with van der Waals surface area (Å²) < 4.78 is 0. The first-order chi connectivity index (χ1) is 6.97. The van der Waals surface area contributed by atoms with Gasteiger partial charge in [-0.25, -0.2) is 4.79 Å². The SMILES string of the molecule is CC(C)C(N)C1CN(C(=O)O)CC1CO. The molecule has 5 heteroatoms. The Labute approximate surface area is 89.9 Å². The van der Waals surface area contributed by atoms with Crippen LogP contribution >= 0.6 is 0 Å². The van der Waals surface area contributed by atoms with E-state index in [4.69, 9.17) is 10.8 Å². The van der Waals surface area contributed by atoms with Crippen LogP contribution in [-0.4, -0.2) is 46.9 Å². The molecule has 0 radical (unpaired) electrons. The Balaban J connectivity index is 2.67. The van der Waals surface area contributed by atoms with E-state index < -0.39 is 6.09 Å². The van der Waals surface area contributed by atoms with E-state index in [0.717, 1.165) is 0 Å². The normalized spacial score (nSPS) is 28.5. The molecular formula is C10H20N2O3. The van der Waals surface area contributed by atoms with Gasteiger partial charge in [0, 0.05) is 31.7 Å². The van der Waals surface area contributed by atoms with Crippen molar-refractivity contribution in [3.05, 3.63) is 0 Å². The van der Waals surface area contributed by atoms with Gasteiger partial charge in [-0.05, 0) is 11.8 Å². The van der Waals surface area contributed by atoms with Gasteiger partial charge in [-0.1, -0.05) is 13.8 Å². The number of carboxylic acid groups (broad SMARTS) is 1. The van der Waals surface area contributed by atoms with Crippen LogP contribution in [0.5, 0.6) is 0 Å². The fourth-order valence-corrected chi connectivity index (χ4v) is 2.18. The van der Waals surface area contributed by atoms with Crippen molar-refractivity contribution >= 4 is 6.09 Å². The Kier molecular flexibility index (Phi) is 3.93. The highest BCUT2D eigenvalue weighted by molar-refractivity contribution is 5.65. The highest BCUT2D eigenvalue weighted by Crippen LogP contribution is 2.28. The van der Waals surface area contributed by atoms with Crippen molar-refractivity contribution in [2.75, 3.05) is 19.7 Å². The summed E-state index contributed by atoms with van der Waals surface area (Å²) in [6.07, 6.45) is -0.924. The molecule has 0 aromatic rings. The van der Waals surface area contributed by atoms with Crippen LogP contribution in [0.15, 0.2) is 0 Å². The zero-order valence-electron chi connectivity index (χ0n) is 9.26. The van der Waals surface area contributed by atoms with Gasteiger partial charge in [0.2, 0.25) is 0 Å². The number of nitrogens with zero attached hydrogens (tertiary/aromatic N) is 1. The summed E-state index contributed by atoms with van der Waals surface area (Å²) >= 11 is 0. The number of amides is 1. The third-order valence-electron chi connectivity index (χ3n) is 3.26. The van der Waals surface area contributed by atoms with Gasteiger partial charge in [0.25, 0.3) is 0 Å². The Morgan fingerprint density at radius 2 is 2.13 bits per heavy atom. The van der Waals surface area contributed by atoms with Crippen LogP contribution in [0.2, 0.25) is 0 Å². The summed E-state index contributed by atoms with van der Waals surface area (Å²) in [7, 11) is 0. The maximum atomic E-state index is 10.8. The van der Waals surface area contributed by atoms with Gasteiger partial charge >= 0.3 is 6.09 Å².